The maximum atomic E-state index is 11.9. The second-order valence-corrected chi connectivity index (χ2v) is 6.50. The van der Waals surface area contributed by atoms with Crippen molar-refractivity contribution in [3.05, 3.63) is 71.3 Å². The highest BCUT2D eigenvalue weighted by atomic mass is 16.1. The van der Waals surface area contributed by atoms with Gasteiger partial charge in [0, 0.05) is 44.0 Å². The molecule has 0 bridgehead atoms. The van der Waals surface area contributed by atoms with Gasteiger partial charge in [-0.05, 0) is 30.7 Å². The zero-order valence-corrected chi connectivity index (χ0v) is 15.1. The third-order valence-corrected chi connectivity index (χ3v) is 4.69. The molecule has 0 aromatic heterocycles. The summed E-state index contributed by atoms with van der Waals surface area (Å²) in [4.78, 5) is 16.5. The van der Waals surface area contributed by atoms with Crippen LogP contribution in [0, 0.1) is 11.3 Å². The molecule has 1 aliphatic heterocycles. The second kappa shape index (κ2) is 8.46. The van der Waals surface area contributed by atoms with Gasteiger partial charge in [-0.2, -0.15) is 5.26 Å². The number of hydrogen-bond acceptors (Lipinski definition) is 4. The van der Waals surface area contributed by atoms with Crippen LogP contribution in [0.4, 0.5) is 5.69 Å². The molecule has 0 atom stereocenters. The summed E-state index contributed by atoms with van der Waals surface area (Å²) in [6.45, 7) is 6.08. The van der Waals surface area contributed by atoms with Gasteiger partial charge in [-0.15, -0.1) is 0 Å². The smallest absolute Gasteiger partial charge is 0.161 e. The molecule has 1 saturated heterocycles. The highest BCUT2D eigenvalue weighted by Gasteiger charge is 2.20. The molecule has 132 valence electrons. The first kappa shape index (κ1) is 17.9. The number of nitriles is 1. The summed E-state index contributed by atoms with van der Waals surface area (Å²) in [5.41, 5.74) is 3.39. The van der Waals surface area contributed by atoms with Gasteiger partial charge in [0.1, 0.15) is 0 Å². The van der Waals surface area contributed by atoms with Crippen LogP contribution in [0.15, 0.2) is 54.6 Å². The molecule has 0 N–H and O–H groups in total. The van der Waals surface area contributed by atoms with Gasteiger partial charge in [0.25, 0.3) is 0 Å². The molecule has 1 aliphatic rings. The summed E-state index contributed by atoms with van der Waals surface area (Å²) in [5.74, 6) is 0.0395. The van der Waals surface area contributed by atoms with Crippen molar-refractivity contribution in [3.63, 3.8) is 0 Å². The molecule has 26 heavy (non-hydrogen) atoms. The monoisotopic (exact) mass is 345 g/mol. The van der Waals surface area contributed by atoms with Gasteiger partial charge in [-0.25, -0.2) is 0 Å². The highest BCUT2D eigenvalue weighted by Crippen LogP contribution is 2.24. The third kappa shape index (κ3) is 4.38. The predicted molar refractivity (Wildman–Crippen MR) is 105 cm³/mol. The molecule has 0 radical (unpaired) electrons. The van der Waals surface area contributed by atoms with Crippen molar-refractivity contribution in [1.82, 2.24) is 4.90 Å². The molecular weight excluding hydrogens is 322 g/mol. The fourth-order valence-corrected chi connectivity index (χ4v) is 3.23. The van der Waals surface area contributed by atoms with E-state index in [2.05, 4.69) is 40.2 Å². The predicted octanol–water partition coefficient (Wildman–Crippen LogP) is 3.60. The first-order chi connectivity index (χ1) is 12.7. The van der Waals surface area contributed by atoms with E-state index < -0.39 is 0 Å². The van der Waals surface area contributed by atoms with E-state index in [1.54, 1.807) is 19.1 Å². The molecule has 1 fully saturated rings. The summed E-state index contributed by atoms with van der Waals surface area (Å²) >= 11 is 0. The molecule has 1 heterocycles. The van der Waals surface area contributed by atoms with E-state index in [1.807, 2.05) is 24.3 Å². The fourth-order valence-electron chi connectivity index (χ4n) is 3.23. The summed E-state index contributed by atoms with van der Waals surface area (Å²) < 4.78 is 0. The quantitative estimate of drug-likeness (QED) is 0.777. The molecule has 0 amide bonds. The van der Waals surface area contributed by atoms with Crippen molar-refractivity contribution in [1.29, 1.82) is 5.26 Å². The van der Waals surface area contributed by atoms with Gasteiger partial charge in [0.2, 0.25) is 0 Å². The largest absolute Gasteiger partial charge is 0.368 e. The third-order valence-electron chi connectivity index (χ3n) is 4.69. The fraction of sp³-hybridized carbons (Fsp3) is 0.273. The first-order valence-corrected chi connectivity index (χ1v) is 8.91. The molecule has 0 aliphatic carbocycles. The van der Waals surface area contributed by atoms with Crippen LogP contribution in [-0.4, -0.2) is 43.4 Å². The molecule has 0 saturated carbocycles. The van der Waals surface area contributed by atoms with Crippen LogP contribution in [0.5, 0.6) is 0 Å². The van der Waals surface area contributed by atoms with Crippen LogP contribution in [0.25, 0.3) is 6.08 Å². The molecule has 4 heteroatoms. The Hall–Kier alpha value is -2.90. The number of piperazine rings is 1. The van der Waals surface area contributed by atoms with Crippen molar-refractivity contribution in [2.75, 3.05) is 37.6 Å². The normalized spacial score (nSPS) is 15.2. The number of anilines is 1. The minimum atomic E-state index is 0.0395. The van der Waals surface area contributed by atoms with Crippen LogP contribution in [0.3, 0.4) is 0 Å². The Balaban J connectivity index is 1.61. The Labute approximate surface area is 155 Å². The minimum absolute atomic E-state index is 0.0395. The Morgan fingerprint density at radius 3 is 2.50 bits per heavy atom. The van der Waals surface area contributed by atoms with E-state index in [0.29, 0.717) is 11.1 Å². The lowest BCUT2D eigenvalue weighted by Crippen LogP contribution is -2.46. The Morgan fingerprint density at radius 1 is 1.12 bits per heavy atom. The van der Waals surface area contributed by atoms with Gasteiger partial charge in [-0.1, -0.05) is 42.5 Å². The maximum absolute atomic E-state index is 11.9. The number of benzene rings is 2. The highest BCUT2D eigenvalue weighted by molar-refractivity contribution is 6.00. The van der Waals surface area contributed by atoms with E-state index in [9.17, 15) is 4.79 Å². The number of rotatable bonds is 5. The van der Waals surface area contributed by atoms with Gasteiger partial charge >= 0.3 is 0 Å². The topological polar surface area (TPSA) is 47.3 Å². The number of Topliss-reactive ketones (excluding diaryl/α,β-unsaturated/α-hetero) is 1. The molecule has 0 unspecified atom stereocenters. The van der Waals surface area contributed by atoms with Gasteiger partial charge in [-0.3, -0.25) is 9.69 Å². The van der Waals surface area contributed by atoms with Gasteiger partial charge in [0.15, 0.2) is 5.78 Å². The zero-order valence-electron chi connectivity index (χ0n) is 15.1. The number of nitrogens with zero attached hydrogens (tertiary/aromatic N) is 3. The van der Waals surface area contributed by atoms with Crippen molar-refractivity contribution in [2.45, 2.75) is 6.92 Å². The Kier molecular flexibility index (Phi) is 5.83. The van der Waals surface area contributed by atoms with Crippen LogP contribution in [-0.2, 0) is 0 Å². The summed E-state index contributed by atoms with van der Waals surface area (Å²) in [7, 11) is 0. The van der Waals surface area contributed by atoms with E-state index in [1.165, 1.54) is 5.56 Å². The standard InChI is InChI=1S/C22H23N3O/c1-18(26)21-10-9-20(17-23)16-22(21)25-14-12-24(13-15-25)11-5-8-19-6-3-2-4-7-19/h2-10,16H,11-15H2,1H3/b8-5+. The van der Waals surface area contributed by atoms with Crippen molar-refractivity contribution < 1.29 is 4.79 Å². The Morgan fingerprint density at radius 2 is 1.85 bits per heavy atom. The second-order valence-electron chi connectivity index (χ2n) is 6.50. The molecule has 0 spiro atoms. The van der Waals surface area contributed by atoms with Crippen molar-refractivity contribution in [3.8, 4) is 6.07 Å². The number of carbonyl (C=O) groups excluding carboxylic acids is 1. The van der Waals surface area contributed by atoms with E-state index in [0.717, 1.165) is 38.4 Å². The van der Waals surface area contributed by atoms with E-state index in [-0.39, 0.29) is 5.78 Å². The van der Waals surface area contributed by atoms with Crippen LogP contribution in [0.2, 0.25) is 0 Å². The number of carbonyl (C=O) groups is 1. The maximum Gasteiger partial charge on any atom is 0.161 e. The van der Waals surface area contributed by atoms with Crippen molar-refractivity contribution in [2.24, 2.45) is 0 Å². The van der Waals surface area contributed by atoms with Gasteiger partial charge in [0.05, 0.1) is 11.6 Å². The Bertz CT molecular complexity index is 828. The molecule has 3 rings (SSSR count). The van der Waals surface area contributed by atoms with E-state index >= 15 is 0 Å². The molecule has 2 aromatic carbocycles. The van der Waals surface area contributed by atoms with E-state index in [4.69, 9.17) is 5.26 Å². The molecule has 2 aromatic rings. The average Bonchev–Trinajstić information content (AvgIpc) is 2.69. The lowest BCUT2D eigenvalue weighted by Gasteiger charge is -2.36. The minimum Gasteiger partial charge on any atom is -0.368 e. The molecule has 4 nitrogen and oxygen atoms in total. The average molecular weight is 345 g/mol. The first-order valence-electron chi connectivity index (χ1n) is 8.91. The summed E-state index contributed by atoms with van der Waals surface area (Å²) in [6, 6.07) is 17.8. The summed E-state index contributed by atoms with van der Waals surface area (Å²) in [5, 5.41) is 9.15. The lowest BCUT2D eigenvalue weighted by molar-refractivity contribution is 0.101. The number of hydrogen-bond donors (Lipinski definition) is 0. The molecular formula is C22H23N3O. The van der Waals surface area contributed by atoms with Gasteiger partial charge < -0.3 is 4.90 Å². The van der Waals surface area contributed by atoms with Crippen LogP contribution in [0.1, 0.15) is 28.4 Å². The van der Waals surface area contributed by atoms with Crippen LogP contribution >= 0.6 is 0 Å². The summed E-state index contributed by atoms with van der Waals surface area (Å²) in [6.07, 6.45) is 4.35. The number of ketones is 1. The van der Waals surface area contributed by atoms with Crippen LogP contribution < -0.4 is 4.90 Å². The SMILES string of the molecule is CC(=O)c1ccc(C#N)cc1N1CCN(C/C=C/c2ccccc2)CC1. The van der Waals surface area contributed by atoms with Crippen molar-refractivity contribution >= 4 is 17.5 Å². The lowest BCUT2D eigenvalue weighted by atomic mass is 10.0. The zero-order chi connectivity index (χ0) is 18.4.